The molecule has 2 heterocycles. The fraction of sp³-hybridized carbons (Fsp3) is 0.438. The first kappa shape index (κ1) is 14.4. The van der Waals surface area contributed by atoms with E-state index in [1.54, 1.807) is 6.20 Å². The lowest BCUT2D eigenvalue weighted by Gasteiger charge is -2.23. The number of halogens is 1. The SMILES string of the molecule is Clc1c(OCc2ccccc2)cnn1CC1CCCCN1. The van der Waals surface area contributed by atoms with Crippen molar-refractivity contribution >= 4 is 11.6 Å². The lowest BCUT2D eigenvalue weighted by atomic mass is 10.1. The number of rotatable bonds is 5. The van der Waals surface area contributed by atoms with Crippen LogP contribution < -0.4 is 10.1 Å². The third-order valence-electron chi connectivity index (χ3n) is 3.79. The minimum absolute atomic E-state index is 0.457. The largest absolute Gasteiger partial charge is 0.484 e. The van der Waals surface area contributed by atoms with E-state index in [2.05, 4.69) is 10.4 Å². The van der Waals surface area contributed by atoms with E-state index in [-0.39, 0.29) is 0 Å². The maximum Gasteiger partial charge on any atom is 0.176 e. The van der Waals surface area contributed by atoms with Gasteiger partial charge in [-0.3, -0.25) is 0 Å². The third kappa shape index (κ3) is 3.77. The molecule has 0 bridgehead atoms. The Labute approximate surface area is 130 Å². The number of hydrogen-bond acceptors (Lipinski definition) is 3. The maximum atomic E-state index is 6.36. The zero-order chi connectivity index (χ0) is 14.5. The van der Waals surface area contributed by atoms with E-state index in [0.717, 1.165) is 18.7 Å². The number of benzene rings is 1. The summed E-state index contributed by atoms with van der Waals surface area (Å²) in [6.07, 6.45) is 5.41. The molecule has 1 N–H and O–H groups in total. The summed E-state index contributed by atoms with van der Waals surface area (Å²) in [5.41, 5.74) is 1.12. The molecule has 0 radical (unpaired) electrons. The maximum absolute atomic E-state index is 6.36. The first-order valence-corrected chi connectivity index (χ1v) is 7.82. The van der Waals surface area contributed by atoms with Gasteiger partial charge in [-0.15, -0.1) is 0 Å². The molecule has 0 aliphatic carbocycles. The van der Waals surface area contributed by atoms with Gasteiger partial charge >= 0.3 is 0 Å². The molecule has 1 atom stereocenters. The second kappa shape index (κ2) is 6.96. The van der Waals surface area contributed by atoms with Crippen LogP contribution in [0.15, 0.2) is 36.5 Å². The molecular formula is C16H20ClN3O. The second-order valence-corrected chi connectivity index (χ2v) is 5.76. The minimum Gasteiger partial charge on any atom is -0.484 e. The minimum atomic E-state index is 0.457. The van der Waals surface area contributed by atoms with Gasteiger partial charge in [0, 0.05) is 6.04 Å². The normalized spacial score (nSPS) is 18.6. The van der Waals surface area contributed by atoms with Crippen molar-refractivity contribution in [3.05, 3.63) is 47.2 Å². The Kier molecular flexibility index (Phi) is 4.78. The molecule has 2 aromatic rings. The molecule has 1 aliphatic rings. The number of nitrogens with one attached hydrogen (secondary N) is 1. The number of nitrogens with zero attached hydrogens (tertiary/aromatic N) is 2. The number of aromatic nitrogens is 2. The average molecular weight is 306 g/mol. The Morgan fingerprint density at radius 2 is 2.14 bits per heavy atom. The standard InChI is InChI=1S/C16H20ClN3O/c17-16-15(21-12-13-6-2-1-3-7-13)10-19-20(16)11-14-8-4-5-9-18-14/h1-3,6-7,10,14,18H,4-5,8-9,11-12H2. The van der Waals surface area contributed by atoms with Crippen molar-refractivity contribution in [2.24, 2.45) is 0 Å². The van der Waals surface area contributed by atoms with Crippen molar-refractivity contribution in [2.45, 2.75) is 38.5 Å². The summed E-state index contributed by atoms with van der Waals surface area (Å²) in [5, 5.41) is 8.43. The van der Waals surface area contributed by atoms with Crippen LogP contribution in [-0.2, 0) is 13.2 Å². The van der Waals surface area contributed by atoms with Gasteiger partial charge in [0.2, 0.25) is 0 Å². The van der Waals surface area contributed by atoms with Crippen LogP contribution in [0.3, 0.4) is 0 Å². The van der Waals surface area contributed by atoms with Crippen LogP contribution in [-0.4, -0.2) is 22.4 Å². The zero-order valence-corrected chi connectivity index (χ0v) is 12.7. The summed E-state index contributed by atoms with van der Waals surface area (Å²) in [6.45, 7) is 2.39. The smallest absolute Gasteiger partial charge is 0.176 e. The highest BCUT2D eigenvalue weighted by atomic mass is 35.5. The van der Waals surface area contributed by atoms with Crippen LogP contribution in [0, 0.1) is 0 Å². The summed E-state index contributed by atoms with van der Waals surface area (Å²) in [4.78, 5) is 0. The van der Waals surface area contributed by atoms with Crippen LogP contribution in [0.1, 0.15) is 24.8 Å². The molecule has 0 amide bonds. The second-order valence-electron chi connectivity index (χ2n) is 5.40. The van der Waals surface area contributed by atoms with E-state index >= 15 is 0 Å². The Morgan fingerprint density at radius 1 is 1.29 bits per heavy atom. The van der Waals surface area contributed by atoms with Crippen molar-refractivity contribution in [1.29, 1.82) is 0 Å². The summed E-state index contributed by atoms with van der Waals surface area (Å²) in [6, 6.07) is 10.5. The molecule has 1 aromatic carbocycles. The number of ether oxygens (including phenoxy) is 1. The van der Waals surface area contributed by atoms with Gasteiger partial charge in [0.15, 0.2) is 10.9 Å². The van der Waals surface area contributed by atoms with Gasteiger partial charge in [0.05, 0.1) is 12.7 Å². The highest BCUT2D eigenvalue weighted by Crippen LogP contribution is 2.25. The molecule has 1 fully saturated rings. The first-order valence-electron chi connectivity index (χ1n) is 7.44. The van der Waals surface area contributed by atoms with Crippen LogP contribution in [0.4, 0.5) is 0 Å². The third-order valence-corrected chi connectivity index (χ3v) is 4.17. The summed E-state index contributed by atoms with van der Waals surface area (Å²) < 4.78 is 7.58. The predicted octanol–water partition coefficient (Wildman–Crippen LogP) is 3.26. The van der Waals surface area contributed by atoms with Crippen LogP contribution in [0.5, 0.6) is 5.75 Å². The molecular weight excluding hydrogens is 286 g/mol. The number of hydrogen-bond donors (Lipinski definition) is 1. The van der Waals surface area contributed by atoms with Crippen LogP contribution in [0.25, 0.3) is 0 Å². The molecule has 3 rings (SSSR count). The fourth-order valence-electron chi connectivity index (χ4n) is 2.60. The average Bonchev–Trinajstić information content (AvgIpc) is 2.88. The monoisotopic (exact) mass is 305 g/mol. The van der Waals surface area contributed by atoms with Crippen molar-refractivity contribution < 1.29 is 4.74 Å². The molecule has 1 aliphatic heterocycles. The number of piperidine rings is 1. The molecule has 1 unspecified atom stereocenters. The Balaban J connectivity index is 1.59. The predicted molar refractivity (Wildman–Crippen MR) is 83.7 cm³/mol. The Morgan fingerprint density at radius 3 is 2.90 bits per heavy atom. The van der Waals surface area contributed by atoms with E-state index in [4.69, 9.17) is 16.3 Å². The molecule has 112 valence electrons. The first-order chi connectivity index (χ1) is 10.3. The van der Waals surface area contributed by atoms with Crippen molar-refractivity contribution in [3.8, 4) is 5.75 Å². The lowest BCUT2D eigenvalue weighted by molar-refractivity contribution is 0.305. The van der Waals surface area contributed by atoms with Crippen molar-refractivity contribution in [1.82, 2.24) is 15.1 Å². The molecule has 1 aromatic heterocycles. The summed E-state index contributed by atoms with van der Waals surface area (Å²) in [7, 11) is 0. The van der Waals surface area contributed by atoms with E-state index in [1.165, 1.54) is 19.3 Å². The van der Waals surface area contributed by atoms with Gasteiger partial charge in [0.1, 0.15) is 6.61 Å². The zero-order valence-electron chi connectivity index (χ0n) is 12.0. The Bertz CT molecular complexity index is 564. The van der Waals surface area contributed by atoms with Gasteiger partial charge in [-0.1, -0.05) is 48.4 Å². The van der Waals surface area contributed by atoms with Crippen LogP contribution >= 0.6 is 11.6 Å². The van der Waals surface area contributed by atoms with Crippen LogP contribution in [0.2, 0.25) is 5.15 Å². The fourth-order valence-corrected chi connectivity index (χ4v) is 2.82. The topological polar surface area (TPSA) is 39.1 Å². The van der Waals surface area contributed by atoms with Gasteiger partial charge in [-0.05, 0) is 24.9 Å². The molecule has 4 nitrogen and oxygen atoms in total. The molecule has 1 saturated heterocycles. The molecule has 0 saturated carbocycles. The lowest BCUT2D eigenvalue weighted by Crippen LogP contribution is -2.37. The molecule has 5 heteroatoms. The quantitative estimate of drug-likeness (QED) is 0.921. The summed E-state index contributed by atoms with van der Waals surface area (Å²) in [5.74, 6) is 0.649. The van der Waals surface area contributed by atoms with Crippen molar-refractivity contribution in [3.63, 3.8) is 0 Å². The highest BCUT2D eigenvalue weighted by Gasteiger charge is 2.17. The van der Waals surface area contributed by atoms with Gasteiger partial charge in [-0.25, -0.2) is 4.68 Å². The highest BCUT2D eigenvalue weighted by molar-refractivity contribution is 6.31. The van der Waals surface area contributed by atoms with E-state index in [0.29, 0.717) is 23.6 Å². The van der Waals surface area contributed by atoms with E-state index in [9.17, 15) is 0 Å². The van der Waals surface area contributed by atoms with Gasteiger partial charge < -0.3 is 10.1 Å². The molecule has 0 spiro atoms. The van der Waals surface area contributed by atoms with Gasteiger partial charge in [0.25, 0.3) is 0 Å². The summed E-state index contributed by atoms with van der Waals surface area (Å²) >= 11 is 6.36. The van der Waals surface area contributed by atoms with Gasteiger partial charge in [-0.2, -0.15) is 5.10 Å². The van der Waals surface area contributed by atoms with E-state index in [1.807, 2.05) is 35.0 Å². The van der Waals surface area contributed by atoms with E-state index < -0.39 is 0 Å². The Hall–Kier alpha value is -1.52. The molecule has 21 heavy (non-hydrogen) atoms. The van der Waals surface area contributed by atoms with Crippen molar-refractivity contribution in [2.75, 3.05) is 6.54 Å².